The maximum atomic E-state index is 10.5. The molecule has 1 aromatic heterocycles. The summed E-state index contributed by atoms with van der Waals surface area (Å²) >= 11 is 1.11. The first-order chi connectivity index (χ1) is 9.20. The van der Waals surface area contributed by atoms with Crippen LogP contribution in [0.1, 0.15) is 5.56 Å². The van der Waals surface area contributed by atoms with Crippen molar-refractivity contribution in [1.82, 2.24) is 14.8 Å². The van der Waals surface area contributed by atoms with Gasteiger partial charge in [-0.1, -0.05) is 23.9 Å². The quantitative estimate of drug-likeness (QED) is 0.831. The molecule has 0 spiro atoms. The molecule has 0 radical (unpaired) electrons. The number of hydrogen-bond donors (Lipinski definition) is 1. The van der Waals surface area contributed by atoms with Crippen molar-refractivity contribution in [2.75, 3.05) is 5.75 Å². The summed E-state index contributed by atoms with van der Waals surface area (Å²) in [5.74, 6) is -0.963. The van der Waals surface area contributed by atoms with Crippen molar-refractivity contribution in [2.24, 2.45) is 0 Å². The van der Waals surface area contributed by atoms with Crippen LogP contribution in [0.4, 0.5) is 0 Å². The number of carboxylic acid groups (broad SMARTS) is 1. The predicted molar refractivity (Wildman–Crippen MR) is 69.0 cm³/mol. The summed E-state index contributed by atoms with van der Waals surface area (Å²) in [4.78, 5) is 10.5. The number of aliphatic carboxylic acids is 1. The third-order valence-corrected chi connectivity index (χ3v) is 3.27. The number of nitrogens with zero attached hydrogens (tertiary/aromatic N) is 4. The normalized spacial score (nSPS) is 10.1. The van der Waals surface area contributed by atoms with Crippen LogP contribution < -0.4 is 0 Å². The van der Waals surface area contributed by atoms with Crippen molar-refractivity contribution in [2.45, 2.75) is 11.6 Å². The van der Waals surface area contributed by atoms with Crippen LogP contribution in [-0.4, -0.2) is 31.6 Å². The van der Waals surface area contributed by atoms with Crippen molar-refractivity contribution in [3.63, 3.8) is 0 Å². The molecule has 0 saturated carbocycles. The molecule has 19 heavy (non-hydrogen) atoms. The number of aromatic nitrogens is 3. The van der Waals surface area contributed by atoms with E-state index in [9.17, 15) is 4.79 Å². The van der Waals surface area contributed by atoms with Gasteiger partial charge >= 0.3 is 5.97 Å². The van der Waals surface area contributed by atoms with E-state index in [0.717, 1.165) is 23.0 Å². The molecular weight excluding hydrogens is 264 g/mol. The van der Waals surface area contributed by atoms with E-state index in [0.29, 0.717) is 11.6 Å². The molecule has 7 heteroatoms. The van der Waals surface area contributed by atoms with Gasteiger partial charge in [0.25, 0.3) is 0 Å². The van der Waals surface area contributed by atoms with Crippen LogP contribution in [0, 0.1) is 11.3 Å². The lowest BCUT2D eigenvalue weighted by atomic mass is 10.1. The zero-order chi connectivity index (χ0) is 13.7. The Morgan fingerprint density at radius 1 is 1.42 bits per heavy atom. The van der Waals surface area contributed by atoms with Gasteiger partial charge in [-0.15, -0.1) is 10.2 Å². The molecule has 0 bridgehead atoms. The second-order valence-corrected chi connectivity index (χ2v) is 4.61. The summed E-state index contributed by atoms with van der Waals surface area (Å²) in [6, 6.07) is 9.48. The molecular formula is C12H10N4O2S. The summed E-state index contributed by atoms with van der Waals surface area (Å²) < 4.78 is 1.71. The highest BCUT2D eigenvalue weighted by atomic mass is 32.2. The molecule has 2 rings (SSSR count). The van der Waals surface area contributed by atoms with E-state index in [1.165, 1.54) is 6.33 Å². The molecule has 1 heterocycles. The monoisotopic (exact) mass is 274 g/mol. The Morgan fingerprint density at radius 2 is 2.16 bits per heavy atom. The second-order valence-electron chi connectivity index (χ2n) is 3.67. The summed E-state index contributed by atoms with van der Waals surface area (Å²) in [5.41, 5.74) is 1.76. The number of benzene rings is 1. The lowest BCUT2D eigenvalue weighted by molar-refractivity contribution is -0.133. The van der Waals surface area contributed by atoms with E-state index >= 15 is 0 Å². The van der Waals surface area contributed by atoms with Gasteiger partial charge in [0.15, 0.2) is 5.16 Å². The maximum Gasteiger partial charge on any atom is 0.313 e. The zero-order valence-electron chi connectivity index (χ0n) is 9.85. The molecule has 96 valence electrons. The van der Waals surface area contributed by atoms with Gasteiger partial charge in [-0.05, 0) is 17.7 Å². The Balaban J connectivity index is 2.20. The molecule has 1 N–H and O–H groups in total. The van der Waals surface area contributed by atoms with Crippen molar-refractivity contribution >= 4 is 17.7 Å². The molecule has 0 saturated heterocycles. The number of hydrogen-bond acceptors (Lipinski definition) is 5. The average molecular weight is 274 g/mol. The Morgan fingerprint density at radius 3 is 2.79 bits per heavy atom. The summed E-state index contributed by atoms with van der Waals surface area (Å²) in [6.07, 6.45) is 1.90. The van der Waals surface area contributed by atoms with E-state index in [1.54, 1.807) is 4.57 Å². The van der Waals surface area contributed by atoms with Crippen molar-refractivity contribution in [3.05, 3.63) is 36.2 Å². The minimum atomic E-state index is -0.899. The molecule has 0 aliphatic carbocycles. The van der Waals surface area contributed by atoms with Crippen LogP contribution in [0.5, 0.6) is 0 Å². The van der Waals surface area contributed by atoms with E-state index < -0.39 is 5.97 Å². The van der Waals surface area contributed by atoms with Crippen LogP contribution in [-0.2, 0) is 11.2 Å². The van der Waals surface area contributed by atoms with Crippen LogP contribution in [0.25, 0.3) is 5.69 Å². The van der Waals surface area contributed by atoms with Gasteiger partial charge < -0.3 is 5.11 Å². The molecule has 0 aliphatic heterocycles. The van der Waals surface area contributed by atoms with E-state index in [1.807, 2.05) is 24.3 Å². The van der Waals surface area contributed by atoms with E-state index in [4.69, 9.17) is 10.4 Å². The van der Waals surface area contributed by atoms with Gasteiger partial charge in [-0.2, -0.15) is 5.26 Å². The van der Waals surface area contributed by atoms with Gasteiger partial charge in [0, 0.05) is 5.69 Å². The maximum absolute atomic E-state index is 10.5. The third kappa shape index (κ3) is 3.33. The molecule has 0 aliphatic rings. The van der Waals surface area contributed by atoms with Crippen molar-refractivity contribution in [1.29, 1.82) is 5.26 Å². The highest BCUT2D eigenvalue weighted by molar-refractivity contribution is 7.99. The molecule has 0 amide bonds. The van der Waals surface area contributed by atoms with Gasteiger partial charge in [0.1, 0.15) is 6.33 Å². The number of carbonyl (C=O) groups is 1. The first kappa shape index (κ1) is 13.1. The van der Waals surface area contributed by atoms with E-state index in [-0.39, 0.29) is 5.75 Å². The molecule has 6 nitrogen and oxygen atoms in total. The fraction of sp³-hybridized carbons (Fsp3) is 0.167. The second kappa shape index (κ2) is 6.02. The fourth-order valence-electron chi connectivity index (χ4n) is 1.49. The standard InChI is InChI=1S/C12H10N4O2S/c13-6-5-9-1-3-10(4-2-9)16-8-14-15-12(16)19-7-11(17)18/h1-4,8H,5,7H2,(H,17,18). The Bertz CT molecular complexity index is 615. The Labute approximate surface area is 113 Å². The van der Waals surface area contributed by atoms with Crippen LogP contribution >= 0.6 is 11.8 Å². The van der Waals surface area contributed by atoms with Gasteiger partial charge in [-0.3, -0.25) is 9.36 Å². The summed E-state index contributed by atoms with van der Waals surface area (Å²) in [7, 11) is 0. The lowest BCUT2D eigenvalue weighted by Gasteiger charge is -2.05. The molecule has 1 aromatic carbocycles. The third-order valence-electron chi connectivity index (χ3n) is 2.34. The number of carboxylic acids is 1. The lowest BCUT2D eigenvalue weighted by Crippen LogP contribution is -2.01. The smallest absolute Gasteiger partial charge is 0.313 e. The molecule has 0 fully saturated rings. The summed E-state index contributed by atoms with van der Waals surface area (Å²) in [5, 5.41) is 25.5. The highest BCUT2D eigenvalue weighted by Gasteiger charge is 2.09. The van der Waals surface area contributed by atoms with Crippen molar-refractivity contribution < 1.29 is 9.90 Å². The molecule has 0 atom stereocenters. The zero-order valence-corrected chi connectivity index (χ0v) is 10.7. The fourth-order valence-corrected chi connectivity index (χ4v) is 2.14. The number of rotatable bonds is 5. The average Bonchev–Trinajstić information content (AvgIpc) is 2.86. The highest BCUT2D eigenvalue weighted by Crippen LogP contribution is 2.19. The first-order valence-corrected chi connectivity index (χ1v) is 6.40. The van der Waals surface area contributed by atoms with Crippen LogP contribution in [0.3, 0.4) is 0 Å². The van der Waals surface area contributed by atoms with Gasteiger partial charge in [0.2, 0.25) is 0 Å². The largest absolute Gasteiger partial charge is 0.481 e. The number of thioether (sulfide) groups is 1. The summed E-state index contributed by atoms with van der Waals surface area (Å²) in [6.45, 7) is 0. The Kier molecular flexibility index (Phi) is 4.15. The predicted octanol–water partition coefficient (Wildman–Crippen LogP) is 1.51. The van der Waals surface area contributed by atoms with Crippen LogP contribution in [0.15, 0.2) is 35.7 Å². The topological polar surface area (TPSA) is 91.8 Å². The minimum Gasteiger partial charge on any atom is -0.481 e. The van der Waals surface area contributed by atoms with Crippen LogP contribution in [0.2, 0.25) is 0 Å². The minimum absolute atomic E-state index is 0.0643. The van der Waals surface area contributed by atoms with E-state index in [2.05, 4.69) is 16.3 Å². The van der Waals surface area contributed by atoms with Gasteiger partial charge in [-0.25, -0.2) is 0 Å². The van der Waals surface area contributed by atoms with Gasteiger partial charge in [0.05, 0.1) is 18.2 Å². The first-order valence-electron chi connectivity index (χ1n) is 5.41. The number of nitriles is 1. The van der Waals surface area contributed by atoms with Crippen molar-refractivity contribution in [3.8, 4) is 11.8 Å². The molecule has 2 aromatic rings. The SMILES string of the molecule is N#CCc1ccc(-n2cnnc2SCC(=O)O)cc1. The Hall–Kier alpha value is -2.33. The molecule has 0 unspecified atom stereocenters.